The number of amides is 1. The average Bonchev–Trinajstić information content (AvgIpc) is 2.92. The Kier molecular flexibility index (Phi) is 6.11. The Morgan fingerprint density at radius 1 is 1.31 bits per heavy atom. The van der Waals surface area contributed by atoms with Crippen LogP contribution in [0.1, 0.15) is 46.1 Å². The zero-order chi connectivity index (χ0) is 19.4. The van der Waals surface area contributed by atoms with Crippen molar-refractivity contribution in [3.63, 3.8) is 0 Å². The molecule has 0 radical (unpaired) electrons. The van der Waals surface area contributed by atoms with Crippen LogP contribution in [0.3, 0.4) is 0 Å². The number of benzene rings is 1. The zero-order valence-electron chi connectivity index (χ0n) is 16.1. The second-order valence-corrected chi connectivity index (χ2v) is 7.96. The molecule has 0 unspecified atom stereocenters. The summed E-state index contributed by atoms with van der Waals surface area (Å²) in [6, 6.07) is 9.46. The molecule has 1 aliphatic rings. The lowest BCUT2D eigenvalue weighted by Gasteiger charge is -2.36. The van der Waals surface area contributed by atoms with Crippen molar-refractivity contribution in [3.8, 4) is 0 Å². The number of aliphatic carboxylic acids is 1. The van der Waals surface area contributed by atoms with Crippen LogP contribution in [-0.4, -0.2) is 39.8 Å². The lowest BCUT2D eigenvalue weighted by atomic mass is 9.85. The summed E-state index contributed by atoms with van der Waals surface area (Å²) in [7, 11) is 0. The smallest absolute Gasteiger partial charge is 0.411 e. The minimum atomic E-state index is -1.28. The number of rotatable bonds is 5. The number of hydrogen-bond acceptors (Lipinski definition) is 3. The third-order valence-electron chi connectivity index (χ3n) is 4.64. The predicted molar refractivity (Wildman–Crippen MR) is 101 cm³/mol. The molecule has 0 aromatic heterocycles. The van der Waals surface area contributed by atoms with Crippen molar-refractivity contribution >= 4 is 12.1 Å². The van der Waals surface area contributed by atoms with Gasteiger partial charge in [0.25, 0.3) is 0 Å². The van der Waals surface area contributed by atoms with Crippen molar-refractivity contribution in [1.29, 1.82) is 0 Å². The van der Waals surface area contributed by atoms with Gasteiger partial charge < -0.3 is 9.84 Å². The van der Waals surface area contributed by atoms with Crippen molar-refractivity contribution < 1.29 is 19.4 Å². The van der Waals surface area contributed by atoms with Gasteiger partial charge in [-0.2, -0.15) is 0 Å². The molecule has 1 saturated heterocycles. The molecule has 1 N–H and O–H groups in total. The van der Waals surface area contributed by atoms with Gasteiger partial charge in [0.1, 0.15) is 11.1 Å². The summed E-state index contributed by atoms with van der Waals surface area (Å²) in [5.41, 5.74) is -1.05. The first kappa shape index (κ1) is 20.0. The summed E-state index contributed by atoms with van der Waals surface area (Å²) in [5, 5.41) is 10.1. The van der Waals surface area contributed by atoms with E-state index in [1.807, 2.05) is 49.4 Å². The van der Waals surface area contributed by atoms with Crippen molar-refractivity contribution in [2.45, 2.75) is 58.1 Å². The zero-order valence-corrected chi connectivity index (χ0v) is 16.1. The molecule has 142 valence electrons. The molecule has 0 bridgehead atoms. The van der Waals surface area contributed by atoms with Gasteiger partial charge in [0.05, 0.1) is 0 Å². The number of ether oxygens (including phenoxy) is 1. The highest BCUT2D eigenvalue weighted by Crippen LogP contribution is 2.39. The molecule has 5 heteroatoms. The van der Waals surface area contributed by atoms with Crippen LogP contribution in [0.25, 0.3) is 0 Å². The number of carbonyl (C=O) groups excluding carboxylic acids is 1. The lowest BCUT2D eigenvalue weighted by molar-refractivity contribution is -0.149. The van der Waals surface area contributed by atoms with Crippen LogP contribution in [0, 0.1) is 5.92 Å². The molecule has 2 rings (SSSR count). The van der Waals surface area contributed by atoms with E-state index >= 15 is 0 Å². The fraction of sp³-hybridized carbons (Fsp3) is 0.524. The summed E-state index contributed by atoms with van der Waals surface area (Å²) in [5.74, 6) is -0.881. The molecule has 0 spiro atoms. The second kappa shape index (κ2) is 7.94. The van der Waals surface area contributed by atoms with Crippen LogP contribution >= 0.6 is 0 Å². The molecule has 2 atom stereocenters. The standard InChI is InChI=1S/C21H29NO4/c1-5-6-10-17-14-21(18(23)24,13-16-11-8-7-9-12-16)22(15-17)19(25)26-20(2,3)4/h5-9,11-12,17H,10,13-15H2,1-4H3,(H,23,24)/t17-,21-/m1/s1. The molecule has 1 aromatic rings. The molecule has 0 aliphatic carbocycles. The van der Waals surface area contributed by atoms with Gasteiger partial charge in [-0.1, -0.05) is 42.5 Å². The largest absolute Gasteiger partial charge is 0.479 e. The van der Waals surface area contributed by atoms with Gasteiger partial charge in [-0.15, -0.1) is 0 Å². The minimum Gasteiger partial charge on any atom is -0.479 e. The topological polar surface area (TPSA) is 66.8 Å². The summed E-state index contributed by atoms with van der Waals surface area (Å²) >= 11 is 0. The number of carbonyl (C=O) groups is 2. The van der Waals surface area contributed by atoms with Crippen LogP contribution in [0.2, 0.25) is 0 Å². The van der Waals surface area contributed by atoms with Crippen LogP contribution in [0.4, 0.5) is 4.79 Å². The number of allylic oxidation sites excluding steroid dienone is 2. The second-order valence-electron chi connectivity index (χ2n) is 7.96. The molecule has 1 heterocycles. The summed E-state index contributed by atoms with van der Waals surface area (Å²) < 4.78 is 5.52. The van der Waals surface area contributed by atoms with Gasteiger partial charge in [0.15, 0.2) is 0 Å². The van der Waals surface area contributed by atoms with Crippen LogP contribution in [0.15, 0.2) is 42.5 Å². The highest BCUT2D eigenvalue weighted by Gasteiger charge is 2.54. The highest BCUT2D eigenvalue weighted by molar-refractivity contribution is 5.85. The molecule has 1 aliphatic heterocycles. The molecule has 5 nitrogen and oxygen atoms in total. The maximum absolute atomic E-state index is 12.8. The Balaban J connectivity index is 2.37. The van der Waals surface area contributed by atoms with Crippen LogP contribution in [-0.2, 0) is 16.0 Å². The van der Waals surface area contributed by atoms with E-state index in [0.29, 0.717) is 13.0 Å². The summed E-state index contributed by atoms with van der Waals surface area (Å²) in [6.07, 6.45) is 4.86. The van der Waals surface area contributed by atoms with Crippen LogP contribution < -0.4 is 0 Å². The Morgan fingerprint density at radius 3 is 2.50 bits per heavy atom. The molecule has 1 aromatic carbocycles. The van der Waals surface area contributed by atoms with Gasteiger partial charge >= 0.3 is 12.1 Å². The Morgan fingerprint density at radius 2 is 1.96 bits per heavy atom. The first-order chi connectivity index (χ1) is 12.2. The number of nitrogens with zero attached hydrogens (tertiary/aromatic N) is 1. The van der Waals surface area contributed by atoms with Crippen molar-refractivity contribution in [2.24, 2.45) is 5.92 Å². The van der Waals surface area contributed by atoms with E-state index in [1.165, 1.54) is 4.90 Å². The van der Waals surface area contributed by atoms with E-state index in [4.69, 9.17) is 4.74 Å². The van der Waals surface area contributed by atoms with Gasteiger partial charge in [0.2, 0.25) is 0 Å². The number of carboxylic acids is 1. The summed E-state index contributed by atoms with van der Waals surface area (Å²) in [4.78, 5) is 26.6. The van der Waals surface area contributed by atoms with E-state index < -0.39 is 23.2 Å². The quantitative estimate of drug-likeness (QED) is 0.797. The Hall–Kier alpha value is -2.30. The van der Waals surface area contributed by atoms with E-state index in [2.05, 4.69) is 0 Å². The van der Waals surface area contributed by atoms with Gasteiger partial charge in [0, 0.05) is 13.0 Å². The molecule has 1 fully saturated rings. The van der Waals surface area contributed by atoms with Gasteiger partial charge in [-0.3, -0.25) is 4.90 Å². The third kappa shape index (κ3) is 4.65. The van der Waals surface area contributed by atoms with Crippen molar-refractivity contribution in [2.75, 3.05) is 6.54 Å². The lowest BCUT2D eigenvalue weighted by Crippen LogP contribution is -2.55. The molecule has 26 heavy (non-hydrogen) atoms. The maximum atomic E-state index is 12.8. The Labute approximate surface area is 155 Å². The predicted octanol–water partition coefficient (Wildman–Crippen LogP) is 4.28. The van der Waals surface area contributed by atoms with E-state index in [-0.39, 0.29) is 12.3 Å². The molecule has 0 saturated carbocycles. The number of carboxylic acid groups (broad SMARTS) is 1. The van der Waals surface area contributed by atoms with E-state index in [9.17, 15) is 14.7 Å². The first-order valence-corrected chi connectivity index (χ1v) is 9.07. The fourth-order valence-corrected chi connectivity index (χ4v) is 3.52. The summed E-state index contributed by atoms with van der Waals surface area (Å²) in [6.45, 7) is 7.70. The Bertz CT molecular complexity index is 662. The number of hydrogen-bond donors (Lipinski definition) is 1. The fourth-order valence-electron chi connectivity index (χ4n) is 3.52. The van der Waals surface area contributed by atoms with Gasteiger partial charge in [-0.25, -0.2) is 9.59 Å². The van der Waals surface area contributed by atoms with Gasteiger partial charge in [-0.05, 0) is 52.0 Å². The monoisotopic (exact) mass is 359 g/mol. The molecular weight excluding hydrogens is 330 g/mol. The van der Waals surface area contributed by atoms with Crippen LogP contribution in [0.5, 0.6) is 0 Å². The first-order valence-electron chi connectivity index (χ1n) is 9.07. The minimum absolute atomic E-state index is 0.0959. The third-order valence-corrected chi connectivity index (χ3v) is 4.64. The van der Waals surface area contributed by atoms with Crippen molar-refractivity contribution in [3.05, 3.63) is 48.0 Å². The SMILES string of the molecule is CC=CC[C@H]1CN(C(=O)OC(C)(C)C)[C@@](Cc2ccccc2)(C(=O)O)C1. The van der Waals surface area contributed by atoms with E-state index in [1.54, 1.807) is 20.8 Å². The normalized spacial score (nSPS) is 23.4. The highest BCUT2D eigenvalue weighted by atomic mass is 16.6. The molecule has 1 amide bonds. The maximum Gasteiger partial charge on any atom is 0.411 e. The number of likely N-dealkylation sites (tertiary alicyclic amines) is 1. The molecular formula is C21H29NO4. The average molecular weight is 359 g/mol. The van der Waals surface area contributed by atoms with E-state index in [0.717, 1.165) is 12.0 Å². The van der Waals surface area contributed by atoms with Crippen molar-refractivity contribution in [1.82, 2.24) is 4.90 Å².